The largest absolute Gasteiger partial charge is 0.0991 e. The molecule has 72 valence electrons. The molecule has 0 unspecified atom stereocenters. The van der Waals surface area contributed by atoms with Crippen LogP contribution in [0.2, 0.25) is 0 Å². The number of hydrogen-bond donors (Lipinski definition) is 0. The SMILES string of the molecule is C=C/C=C\C(=C)C(=C)/C=C\C(=C)C=C. The monoisotopic (exact) mass is 184 g/mol. The van der Waals surface area contributed by atoms with Crippen LogP contribution in [0.4, 0.5) is 0 Å². The second kappa shape index (κ2) is 6.67. The van der Waals surface area contributed by atoms with Gasteiger partial charge < -0.3 is 0 Å². The summed E-state index contributed by atoms with van der Waals surface area (Å²) in [5.74, 6) is 0. The molecule has 0 aliphatic heterocycles. The van der Waals surface area contributed by atoms with Crippen LogP contribution < -0.4 is 0 Å². The van der Waals surface area contributed by atoms with Crippen LogP contribution in [-0.4, -0.2) is 0 Å². The van der Waals surface area contributed by atoms with E-state index in [1.165, 1.54) is 0 Å². The van der Waals surface area contributed by atoms with Crippen LogP contribution in [0.5, 0.6) is 0 Å². The van der Waals surface area contributed by atoms with Crippen molar-refractivity contribution in [1.29, 1.82) is 0 Å². The van der Waals surface area contributed by atoms with Crippen LogP contribution in [0.1, 0.15) is 0 Å². The van der Waals surface area contributed by atoms with Crippen LogP contribution in [0.3, 0.4) is 0 Å². The third-order valence-electron chi connectivity index (χ3n) is 1.61. The minimum atomic E-state index is 0.853. The van der Waals surface area contributed by atoms with Crippen molar-refractivity contribution in [2.24, 2.45) is 0 Å². The highest BCUT2D eigenvalue weighted by Gasteiger charge is 1.89. The third-order valence-corrected chi connectivity index (χ3v) is 1.61. The van der Waals surface area contributed by atoms with Gasteiger partial charge in [0.1, 0.15) is 0 Å². The van der Waals surface area contributed by atoms with E-state index >= 15 is 0 Å². The highest BCUT2D eigenvalue weighted by molar-refractivity contribution is 5.45. The molecular formula is C14H16. The van der Waals surface area contributed by atoms with Crippen LogP contribution in [0.25, 0.3) is 0 Å². The Morgan fingerprint density at radius 2 is 1.36 bits per heavy atom. The van der Waals surface area contributed by atoms with E-state index < -0.39 is 0 Å². The highest BCUT2D eigenvalue weighted by atomic mass is 13.9. The lowest BCUT2D eigenvalue weighted by Crippen LogP contribution is -1.77. The molecule has 0 aromatic rings. The van der Waals surface area contributed by atoms with E-state index in [1.54, 1.807) is 12.2 Å². The first-order valence-corrected chi connectivity index (χ1v) is 4.28. The van der Waals surface area contributed by atoms with Crippen molar-refractivity contribution in [1.82, 2.24) is 0 Å². The first-order valence-electron chi connectivity index (χ1n) is 4.28. The molecule has 0 aromatic heterocycles. The Bertz CT molecular complexity index is 322. The Hall–Kier alpha value is -1.82. The summed E-state index contributed by atoms with van der Waals surface area (Å²) < 4.78 is 0. The Kier molecular flexibility index (Phi) is 5.80. The maximum atomic E-state index is 3.87. The molecule has 0 aromatic carbocycles. The lowest BCUT2D eigenvalue weighted by molar-refractivity contribution is 1.58. The van der Waals surface area contributed by atoms with Crippen molar-refractivity contribution in [2.75, 3.05) is 0 Å². The van der Waals surface area contributed by atoms with Gasteiger partial charge in [-0.2, -0.15) is 0 Å². The predicted octanol–water partition coefficient (Wildman–Crippen LogP) is 4.14. The van der Waals surface area contributed by atoms with E-state index in [4.69, 9.17) is 0 Å². The molecule has 0 saturated carbocycles. The molecule has 0 radical (unpaired) electrons. The first-order chi connectivity index (χ1) is 6.61. The molecule has 0 heteroatoms. The molecule has 0 fully saturated rings. The second-order valence-corrected chi connectivity index (χ2v) is 2.76. The number of hydrogen-bond acceptors (Lipinski definition) is 0. The van der Waals surface area contributed by atoms with Crippen molar-refractivity contribution in [3.8, 4) is 0 Å². The summed E-state index contributed by atoms with van der Waals surface area (Å²) in [7, 11) is 0. The fourth-order valence-corrected chi connectivity index (χ4v) is 0.674. The Balaban J connectivity index is 4.35. The molecule has 0 N–H and O–H groups in total. The summed E-state index contributed by atoms with van der Waals surface area (Å²) in [6.07, 6.45) is 10.8. The first kappa shape index (κ1) is 12.2. The van der Waals surface area contributed by atoms with E-state index in [0.29, 0.717) is 0 Å². The van der Waals surface area contributed by atoms with Crippen molar-refractivity contribution in [3.05, 3.63) is 86.1 Å². The predicted molar refractivity (Wildman–Crippen MR) is 66.1 cm³/mol. The lowest BCUT2D eigenvalue weighted by atomic mass is 10.1. The Morgan fingerprint density at radius 1 is 0.786 bits per heavy atom. The average molecular weight is 184 g/mol. The lowest BCUT2D eigenvalue weighted by Gasteiger charge is -1.97. The molecule has 14 heavy (non-hydrogen) atoms. The van der Waals surface area contributed by atoms with Gasteiger partial charge in [0.2, 0.25) is 0 Å². The van der Waals surface area contributed by atoms with Gasteiger partial charge in [-0.3, -0.25) is 0 Å². The molecule has 0 saturated heterocycles. The molecule has 0 rings (SSSR count). The molecule has 0 amide bonds. The zero-order valence-corrected chi connectivity index (χ0v) is 8.50. The van der Waals surface area contributed by atoms with Gasteiger partial charge in [-0.25, -0.2) is 0 Å². The summed E-state index contributed by atoms with van der Waals surface area (Å²) in [5.41, 5.74) is 2.57. The van der Waals surface area contributed by atoms with Crippen LogP contribution in [-0.2, 0) is 0 Å². The molecule has 0 nitrogen and oxygen atoms in total. The molecule has 0 bridgehead atoms. The van der Waals surface area contributed by atoms with E-state index in [0.717, 1.165) is 16.7 Å². The summed E-state index contributed by atoms with van der Waals surface area (Å²) in [6.45, 7) is 18.7. The average Bonchev–Trinajstić information content (AvgIpc) is 2.21. The maximum absolute atomic E-state index is 3.87. The van der Waals surface area contributed by atoms with Crippen molar-refractivity contribution >= 4 is 0 Å². The normalized spacial score (nSPS) is 10.3. The molecular weight excluding hydrogens is 168 g/mol. The third kappa shape index (κ3) is 4.94. The van der Waals surface area contributed by atoms with E-state index in [2.05, 4.69) is 32.9 Å². The maximum Gasteiger partial charge on any atom is -0.0262 e. The van der Waals surface area contributed by atoms with Crippen LogP contribution >= 0.6 is 0 Å². The summed E-state index contributed by atoms with van der Waals surface area (Å²) in [6, 6.07) is 0. The molecule has 0 aliphatic carbocycles. The van der Waals surface area contributed by atoms with Crippen molar-refractivity contribution < 1.29 is 0 Å². The van der Waals surface area contributed by atoms with Gasteiger partial charge in [-0.15, -0.1) is 0 Å². The van der Waals surface area contributed by atoms with Crippen LogP contribution in [0.15, 0.2) is 86.1 Å². The summed E-state index contributed by atoms with van der Waals surface area (Å²) in [4.78, 5) is 0. The van der Waals surface area contributed by atoms with E-state index in [1.807, 2.05) is 24.3 Å². The zero-order valence-electron chi connectivity index (χ0n) is 8.50. The van der Waals surface area contributed by atoms with Gasteiger partial charge in [-0.1, -0.05) is 69.4 Å². The summed E-state index contributed by atoms with van der Waals surface area (Å²) in [5, 5.41) is 0. The molecule has 0 heterocycles. The fraction of sp³-hybridized carbons (Fsp3) is 0. The Labute approximate surface area is 86.7 Å². The smallest absolute Gasteiger partial charge is 0.0262 e. The number of rotatable bonds is 6. The summed E-state index contributed by atoms with van der Waals surface area (Å²) >= 11 is 0. The van der Waals surface area contributed by atoms with Crippen LogP contribution in [0, 0.1) is 0 Å². The van der Waals surface area contributed by atoms with E-state index in [-0.39, 0.29) is 0 Å². The highest BCUT2D eigenvalue weighted by Crippen LogP contribution is 2.09. The fourth-order valence-electron chi connectivity index (χ4n) is 0.674. The number of allylic oxidation sites excluding steroid dienone is 9. The quantitative estimate of drug-likeness (QED) is 0.544. The van der Waals surface area contributed by atoms with Gasteiger partial charge >= 0.3 is 0 Å². The minimum absolute atomic E-state index is 0.853. The zero-order chi connectivity index (χ0) is 11.0. The topological polar surface area (TPSA) is 0 Å². The molecule has 0 spiro atoms. The van der Waals surface area contributed by atoms with Gasteiger partial charge in [-0.05, 0) is 16.7 Å². The van der Waals surface area contributed by atoms with Gasteiger partial charge in [0.25, 0.3) is 0 Å². The van der Waals surface area contributed by atoms with E-state index in [9.17, 15) is 0 Å². The van der Waals surface area contributed by atoms with Crippen molar-refractivity contribution in [3.63, 3.8) is 0 Å². The minimum Gasteiger partial charge on any atom is -0.0991 e. The van der Waals surface area contributed by atoms with Gasteiger partial charge in [0.05, 0.1) is 0 Å². The van der Waals surface area contributed by atoms with Crippen molar-refractivity contribution in [2.45, 2.75) is 0 Å². The molecule has 0 atom stereocenters. The second-order valence-electron chi connectivity index (χ2n) is 2.76. The van der Waals surface area contributed by atoms with Gasteiger partial charge in [0.15, 0.2) is 0 Å². The standard InChI is InChI=1S/C14H16/c1-6-8-9-13(4)14(5)11-10-12(3)7-2/h6-11H,1-5H2/b9-8-,11-10-. The molecule has 0 aliphatic rings. The van der Waals surface area contributed by atoms with Gasteiger partial charge in [0, 0.05) is 0 Å². The Morgan fingerprint density at radius 3 is 1.86 bits per heavy atom.